The van der Waals surface area contributed by atoms with Crippen LogP contribution in [0.5, 0.6) is 0 Å². The Morgan fingerprint density at radius 1 is 0.882 bits per heavy atom. The van der Waals surface area contributed by atoms with E-state index in [0.717, 1.165) is 35.5 Å². The smallest absolute Gasteiger partial charge is 0.295 e. The van der Waals surface area contributed by atoms with Gasteiger partial charge in [-0.1, -0.05) is 64.6 Å². The maximum Gasteiger partial charge on any atom is 0.416 e. The summed E-state index contributed by atoms with van der Waals surface area (Å²) in [6.45, 7) is 0.862. The van der Waals surface area contributed by atoms with E-state index in [2.05, 4.69) is 23.0 Å². The molecule has 4 rings (SSSR count). The van der Waals surface area contributed by atoms with Gasteiger partial charge in [-0.3, -0.25) is 9.88 Å². The molecule has 6 heteroatoms. The summed E-state index contributed by atoms with van der Waals surface area (Å²) in [7, 11) is 1.82. The van der Waals surface area contributed by atoms with E-state index in [9.17, 15) is 13.2 Å². The predicted octanol–water partition coefficient (Wildman–Crippen LogP) is 8.42. The van der Waals surface area contributed by atoms with Crippen LogP contribution >= 0.6 is 7.92 Å². The van der Waals surface area contributed by atoms with Crippen molar-refractivity contribution in [3.8, 4) is 0 Å². The molecule has 34 heavy (non-hydrogen) atoms. The highest BCUT2D eigenvalue weighted by atomic mass is 31.1. The number of likely N-dealkylation sites (N-methyl/N-ethyl adjacent to an activating group) is 1. The Morgan fingerprint density at radius 3 is 1.97 bits per heavy atom. The fourth-order valence-electron chi connectivity index (χ4n) is 5.91. The molecule has 0 N–H and O–H groups in total. The molecule has 0 bridgehead atoms. The Morgan fingerprint density at radius 2 is 1.47 bits per heavy atom. The Hall–Kier alpha value is -1.45. The van der Waals surface area contributed by atoms with Crippen LogP contribution in [-0.4, -0.2) is 34.8 Å². The number of hydrogen-bond donors (Lipinski definition) is 0. The topological polar surface area (TPSA) is 16.1 Å². The number of benzene rings is 1. The second-order valence-electron chi connectivity index (χ2n) is 10.1. The standard InChI is InChI=1S/C28H38F3N2P/c1-33(21-19-24-10-8-9-20-32-24)27(22-15-17-23(18-16-22)28(29,30)31)34(25-11-4-2-5-12-25)26-13-6-3-7-14-26/h8-10,15-18,20,25-27H,2-7,11-14,19,21H2,1H3. The molecule has 0 amide bonds. The first-order chi connectivity index (χ1) is 16.4. The van der Waals surface area contributed by atoms with Gasteiger partial charge in [0.2, 0.25) is 0 Å². The van der Waals surface area contributed by atoms with Gasteiger partial charge in [-0.25, -0.2) is 0 Å². The van der Waals surface area contributed by atoms with Crippen molar-refractivity contribution in [3.63, 3.8) is 0 Å². The fraction of sp³-hybridized carbons (Fsp3) is 0.607. The zero-order valence-corrected chi connectivity index (χ0v) is 21.2. The van der Waals surface area contributed by atoms with Crippen LogP contribution in [0.4, 0.5) is 13.2 Å². The van der Waals surface area contributed by atoms with Crippen LogP contribution in [0.25, 0.3) is 0 Å². The lowest BCUT2D eigenvalue weighted by Gasteiger charge is -2.46. The Balaban J connectivity index is 1.65. The molecule has 0 saturated heterocycles. The van der Waals surface area contributed by atoms with Gasteiger partial charge in [0.05, 0.1) is 11.3 Å². The van der Waals surface area contributed by atoms with E-state index >= 15 is 0 Å². The quantitative estimate of drug-likeness (QED) is 0.345. The molecule has 2 aromatic rings. The van der Waals surface area contributed by atoms with Crippen LogP contribution in [0.1, 0.15) is 86.8 Å². The second kappa shape index (κ2) is 12.0. The SMILES string of the molecule is CN(CCc1ccccn1)C(c1ccc(C(F)(F)F)cc1)P(C1CCCCC1)C1CCCCC1. The first kappa shape index (κ1) is 25.6. The summed E-state index contributed by atoms with van der Waals surface area (Å²) in [6, 6.07) is 12.1. The predicted molar refractivity (Wildman–Crippen MR) is 135 cm³/mol. The lowest BCUT2D eigenvalue weighted by Crippen LogP contribution is -2.33. The average Bonchev–Trinajstić information content (AvgIpc) is 2.87. The van der Waals surface area contributed by atoms with E-state index in [-0.39, 0.29) is 13.7 Å². The van der Waals surface area contributed by atoms with Crippen molar-refractivity contribution in [2.24, 2.45) is 0 Å². The number of hydrogen-bond acceptors (Lipinski definition) is 2. The van der Waals surface area contributed by atoms with Gasteiger partial charge in [-0.05, 0) is 73.9 Å². The summed E-state index contributed by atoms with van der Waals surface area (Å²) in [5, 5.41) is 0. The largest absolute Gasteiger partial charge is 0.416 e. The molecule has 0 radical (unpaired) electrons. The molecule has 1 unspecified atom stereocenters. The molecule has 0 spiro atoms. The highest BCUT2D eigenvalue weighted by Gasteiger charge is 2.39. The average molecular weight is 491 g/mol. The van der Waals surface area contributed by atoms with Crippen molar-refractivity contribution >= 4 is 7.92 Å². The first-order valence-corrected chi connectivity index (χ1v) is 14.5. The van der Waals surface area contributed by atoms with Crippen LogP contribution in [0.2, 0.25) is 0 Å². The zero-order chi connectivity index (χ0) is 24.0. The lowest BCUT2D eigenvalue weighted by molar-refractivity contribution is -0.137. The number of nitrogens with zero attached hydrogens (tertiary/aromatic N) is 2. The molecular weight excluding hydrogens is 452 g/mol. The van der Waals surface area contributed by atoms with Gasteiger partial charge in [0, 0.05) is 24.9 Å². The summed E-state index contributed by atoms with van der Waals surface area (Å²) in [5.74, 6) is 0.201. The molecule has 1 atom stereocenters. The maximum absolute atomic E-state index is 13.3. The van der Waals surface area contributed by atoms with Gasteiger partial charge < -0.3 is 0 Å². The third-order valence-electron chi connectivity index (χ3n) is 7.68. The van der Waals surface area contributed by atoms with Crippen LogP contribution in [0.3, 0.4) is 0 Å². The van der Waals surface area contributed by atoms with Crippen LogP contribution in [-0.2, 0) is 12.6 Å². The van der Waals surface area contributed by atoms with Gasteiger partial charge in [-0.2, -0.15) is 13.2 Å². The number of rotatable bonds is 8. The Kier molecular flexibility index (Phi) is 9.04. The summed E-state index contributed by atoms with van der Waals surface area (Å²) < 4.78 is 39.9. The summed E-state index contributed by atoms with van der Waals surface area (Å²) >= 11 is 0. The van der Waals surface area contributed by atoms with E-state index < -0.39 is 11.7 Å². The number of halogens is 3. The summed E-state index contributed by atoms with van der Waals surface area (Å²) in [6.07, 6.45) is 11.4. The van der Waals surface area contributed by atoms with E-state index in [1.54, 1.807) is 12.1 Å². The van der Waals surface area contributed by atoms with Crippen LogP contribution in [0.15, 0.2) is 48.7 Å². The normalized spacial score (nSPS) is 19.6. The molecule has 2 nitrogen and oxygen atoms in total. The number of alkyl halides is 3. The van der Waals surface area contributed by atoms with E-state index in [1.807, 2.05) is 18.3 Å². The van der Waals surface area contributed by atoms with Crippen molar-refractivity contribution < 1.29 is 13.2 Å². The van der Waals surface area contributed by atoms with Crippen molar-refractivity contribution in [2.45, 2.75) is 93.9 Å². The van der Waals surface area contributed by atoms with Crippen molar-refractivity contribution in [3.05, 3.63) is 65.5 Å². The minimum Gasteiger partial charge on any atom is -0.295 e. The summed E-state index contributed by atoms with van der Waals surface area (Å²) in [5.41, 5.74) is 3.03. The zero-order valence-electron chi connectivity index (χ0n) is 20.3. The molecular formula is C28H38F3N2P. The van der Waals surface area contributed by atoms with Gasteiger partial charge in [0.25, 0.3) is 0 Å². The Bertz CT molecular complexity index is 841. The molecule has 1 aromatic heterocycles. The van der Waals surface area contributed by atoms with Crippen molar-refractivity contribution in [1.29, 1.82) is 0 Å². The molecule has 2 aliphatic rings. The van der Waals surface area contributed by atoms with Gasteiger partial charge in [0.15, 0.2) is 0 Å². The molecule has 2 aliphatic carbocycles. The van der Waals surface area contributed by atoms with E-state index in [0.29, 0.717) is 0 Å². The van der Waals surface area contributed by atoms with E-state index in [4.69, 9.17) is 0 Å². The minimum atomic E-state index is -4.30. The van der Waals surface area contributed by atoms with Gasteiger partial charge >= 0.3 is 6.18 Å². The number of pyridine rings is 1. The van der Waals surface area contributed by atoms with E-state index in [1.165, 1.54) is 76.3 Å². The minimum absolute atomic E-state index is 0.201. The maximum atomic E-state index is 13.3. The fourth-order valence-corrected chi connectivity index (χ4v) is 10.3. The molecule has 0 aliphatic heterocycles. The molecule has 2 saturated carbocycles. The van der Waals surface area contributed by atoms with Crippen molar-refractivity contribution in [2.75, 3.05) is 13.6 Å². The Labute approximate surface area is 204 Å². The summed E-state index contributed by atoms with van der Waals surface area (Å²) in [4.78, 5) is 6.95. The highest BCUT2D eigenvalue weighted by Crippen LogP contribution is 2.65. The van der Waals surface area contributed by atoms with Crippen molar-refractivity contribution in [1.82, 2.24) is 9.88 Å². The van der Waals surface area contributed by atoms with Gasteiger partial charge in [-0.15, -0.1) is 0 Å². The molecule has 2 fully saturated rings. The highest BCUT2D eigenvalue weighted by molar-refractivity contribution is 7.59. The number of aromatic nitrogens is 1. The molecule has 186 valence electrons. The third-order valence-corrected chi connectivity index (χ3v) is 11.7. The van der Waals surface area contributed by atoms with Crippen LogP contribution < -0.4 is 0 Å². The molecule has 1 heterocycles. The van der Waals surface area contributed by atoms with Gasteiger partial charge in [0.1, 0.15) is 0 Å². The second-order valence-corrected chi connectivity index (χ2v) is 12.9. The first-order valence-electron chi connectivity index (χ1n) is 13.0. The lowest BCUT2D eigenvalue weighted by atomic mass is 9.99. The third kappa shape index (κ3) is 6.61. The monoisotopic (exact) mass is 490 g/mol. The molecule has 1 aromatic carbocycles. The van der Waals surface area contributed by atoms with Crippen LogP contribution in [0, 0.1) is 0 Å².